The molecule has 0 amide bonds. The minimum Gasteiger partial charge on any atom is -0.343 e. The molecule has 0 saturated heterocycles. The highest BCUT2D eigenvalue weighted by molar-refractivity contribution is 5.85. The number of hydrogen-bond donors (Lipinski definition) is 1. The van der Waals surface area contributed by atoms with Gasteiger partial charge in [0.25, 0.3) is 0 Å². The van der Waals surface area contributed by atoms with Crippen molar-refractivity contribution in [3.05, 3.63) is 35.5 Å². The van der Waals surface area contributed by atoms with Gasteiger partial charge in [-0.05, 0) is 30.9 Å². The number of hydrogen-bond acceptors (Lipinski definition) is 1. The van der Waals surface area contributed by atoms with E-state index >= 15 is 0 Å². The van der Waals surface area contributed by atoms with E-state index in [1.165, 1.54) is 22.2 Å². The summed E-state index contributed by atoms with van der Waals surface area (Å²) >= 11 is 0. The summed E-state index contributed by atoms with van der Waals surface area (Å²) in [5, 5.41) is 1.43. The van der Waals surface area contributed by atoms with Gasteiger partial charge in [-0.25, -0.2) is 0 Å². The van der Waals surface area contributed by atoms with Crippen LogP contribution in [0.3, 0.4) is 0 Å². The highest BCUT2D eigenvalue weighted by Gasteiger charge is 2.21. The Morgan fingerprint density at radius 3 is 3.00 bits per heavy atom. The fourth-order valence-electron chi connectivity index (χ4n) is 2.96. The summed E-state index contributed by atoms with van der Waals surface area (Å²) in [5.41, 5.74) is 10.5. The third-order valence-electron chi connectivity index (χ3n) is 3.72. The summed E-state index contributed by atoms with van der Waals surface area (Å²) in [5.74, 6) is 0. The first-order chi connectivity index (χ1) is 7.81. The Hall–Kier alpha value is -1.28. The van der Waals surface area contributed by atoms with Gasteiger partial charge in [0.1, 0.15) is 0 Å². The van der Waals surface area contributed by atoms with E-state index in [-0.39, 0.29) is 0 Å². The van der Waals surface area contributed by atoms with Crippen molar-refractivity contribution in [1.29, 1.82) is 0 Å². The van der Waals surface area contributed by atoms with Crippen molar-refractivity contribution in [1.82, 2.24) is 4.57 Å². The Bertz CT molecular complexity index is 525. The van der Waals surface area contributed by atoms with Crippen molar-refractivity contribution in [2.75, 3.05) is 0 Å². The summed E-state index contributed by atoms with van der Waals surface area (Å²) in [6.45, 7) is 3.23. The first-order valence-corrected chi connectivity index (χ1v) is 6.15. The molecule has 2 aromatic rings. The van der Waals surface area contributed by atoms with Crippen LogP contribution in [0.4, 0.5) is 0 Å². The largest absolute Gasteiger partial charge is 0.343 e. The van der Waals surface area contributed by atoms with Crippen molar-refractivity contribution in [2.45, 2.75) is 38.8 Å². The molecule has 0 bridgehead atoms. The predicted octanol–water partition coefficient (Wildman–Crippen LogP) is 2.48. The summed E-state index contributed by atoms with van der Waals surface area (Å²) in [6, 6.07) is 9.04. The Labute approximate surface area is 96.1 Å². The van der Waals surface area contributed by atoms with E-state index in [1.54, 1.807) is 0 Å². The van der Waals surface area contributed by atoms with E-state index in [4.69, 9.17) is 5.73 Å². The Morgan fingerprint density at radius 2 is 2.19 bits per heavy atom. The topological polar surface area (TPSA) is 30.9 Å². The number of nitrogens with two attached hydrogens (primary N) is 1. The van der Waals surface area contributed by atoms with Gasteiger partial charge >= 0.3 is 0 Å². The molecule has 1 atom stereocenters. The van der Waals surface area contributed by atoms with E-state index < -0.39 is 0 Å². The Balaban J connectivity index is 2.31. The zero-order valence-corrected chi connectivity index (χ0v) is 9.74. The van der Waals surface area contributed by atoms with Gasteiger partial charge in [-0.2, -0.15) is 0 Å². The number of para-hydroxylation sites is 1. The normalized spacial score (nSPS) is 20.0. The van der Waals surface area contributed by atoms with Gasteiger partial charge in [0.15, 0.2) is 0 Å². The molecule has 0 fully saturated rings. The number of benzene rings is 1. The van der Waals surface area contributed by atoms with Crippen LogP contribution in [0.25, 0.3) is 10.9 Å². The summed E-state index contributed by atoms with van der Waals surface area (Å²) in [6.07, 6.45) is 3.39. The second kappa shape index (κ2) is 3.63. The highest BCUT2D eigenvalue weighted by Crippen LogP contribution is 2.30. The Morgan fingerprint density at radius 1 is 1.38 bits per heavy atom. The molecule has 2 N–H and O–H groups in total. The lowest BCUT2D eigenvalue weighted by Crippen LogP contribution is -2.31. The number of fused-ring (bicyclic) bond motifs is 3. The third kappa shape index (κ3) is 1.30. The monoisotopic (exact) mass is 214 g/mol. The molecule has 2 heteroatoms. The smallest absolute Gasteiger partial charge is 0.0485 e. The van der Waals surface area contributed by atoms with Gasteiger partial charge in [0, 0.05) is 29.2 Å². The zero-order valence-electron chi connectivity index (χ0n) is 9.74. The molecule has 1 aromatic carbocycles. The van der Waals surface area contributed by atoms with E-state index in [2.05, 4.69) is 35.8 Å². The van der Waals surface area contributed by atoms with Gasteiger partial charge in [0.2, 0.25) is 0 Å². The van der Waals surface area contributed by atoms with Gasteiger partial charge in [-0.15, -0.1) is 0 Å². The molecule has 2 nitrogen and oxygen atoms in total. The van der Waals surface area contributed by atoms with Crippen molar-refractivity contribution in [3.63, 3.8) is 0 Å². The molecular weight excluding hydrogens is 196 g/mol. The maximum absolute atomic E-state index is 6.07. The molecule has 0 saturated carbocycles. The number of aromatic nitrogens is 1. The summed E-state index contributed by atoms with van der Waals surface area (Å²) < 4.78 is 2.43. The van der Waals surface area contributed by atoms with Crippen LogP contribution in [0.15, 0.2) is 24.3 Å². The highest BCUT2D eigenvalue weighted by atomic mass is 15.0. The first kappa shape index (κ1) is 9.91. The molecule has 1 aromatic heterocycles. The molecule has 2 heterocycles. The first-order valence-electron chi connectivity index (χ1n) is 6.15. The summed E-state index contributed by atoms with van der Waals surface area (Å²) in [7, 11) is 0. The van der Waals surface area contributed by atoms with Crippen LogP contribution < -0.4 is 5.73 Å². The van der Waals surface area contributed by atoms with Gasteiger partial charge in [-0.1, -0.05) is 25.1 Å². The van der Waals surface area contributed by atoms with E-state index in [0.717, 1.165) is 25.8 Å². The lowest BCUT2D eigenvalue weighted by atomic mass is 10.0. The van der Waals surface area contributed by atoms with Gasteiger partial charge in [0.05, 0.1) is 0 Å². The minimum atomic E-state index is 0.327. The summed E-state index contributed by atoms with van der Waals surface area (Å²) in [4.78, 5) is 0. The molecule has 0 spiro atoms. The zero-order chi connectivity index (χ0) is 11.1. The maximum Gasteiger partial charge on any atom is 0.0485 e. The van der Waals surface area contributed by atoms with E-state index in [0.29, 0.717) is 6.04 Å². The van der Waals surface area contributed by atoms with Crippen LogP contribution >= 0.6 is 0 Å². The standard InChI is InChI=1S/C14H18N2/c1-2-11-12-5-3-4-6-13(12)16-9-10(15)7-8-14(11)16/h3-6,10H,2,7-9,15H2,1H3. The average molecular weight is 214 g/mol. The van der Waals surface area contributed by atoms with Crippen molar-refractivity contribution in [3.8, 4) is 0 Å². The lowest BCUT2D eigenvalue weighted by Gasteiger charge is -2.22. The van der Waals surface area contributed by atoms with Gasteiger partial charge in [-0.3, -0.25) is 0 Å². The SMILES string of the molecule is CCc1c2n(c3ccccc13)CC(N)CC2. The molecule has 16 heavy (non-hydrogen) atoms. The van der Waals surface area contributed by atoms with Crippen LogP contribution in [-0.2, 0) is 19.4 Å². The van der Waals surface area contributed by atoms with Crippen molar-refractivity contribution >= 4 is 10.9 Å². The molecule has 1 aliphatic rings. The maximum atomic E-state index is 6.07. The van der Waals surface area contributed by atoms with Crippen LogP contribution in [0.5, 0.6) is 0 Å². The number of rotatable bonds is 1. The molecular formula is C14H18N2. The number of aryl methyl sites for hydroxylation is 1. The second-order valence-corrected chi connectivity index (χ2v) is 4.71. The number of nitrogens with zero attached hydrogens (tertiary/aromatic N) is 1. The van der Waals surface area contributed by atoms with Crippen molar-refractivity contribution in [2.24, 2.45) is 5.73 Å². The van der Waals surface area contributed by atoms with Crippen LogP contribution in [0.1, 0.15) is 24.6 Å². The van der Waals surface area contributed by atoms with E-state index in [9.17, 15) is 0 Å². The second-order valence-electron chi connectivity index (χ2n) is 4.71. The third-order valence-corrected chi connectivity index (χ3v) is 3.72. The van der Waals surface area contributed by atoms with Crippen LogP contribution in [0, 0.1) is 0 Å². The fourth-order valence-corrected chi connectivity index (χ4v) is 2.96. The minimum absolute atomic E-state index is 0.327. The predicted molar refractivity (Wildman–Crippen MR) is 67.6 cm³/mol. The molecule has 3 rings (SSSR count). The average Bonchev–Trinajstić information content (AvgIpc) is 2.62. The fraction of sp³-hybridized carbons (Fsp3) is 0.429. The van der Waals surface area contributed by atoms with Gasteiger partial charge < -0.3 is 10.3 Å². The quantitative estimate of drug-likeness (QED) is 0.776. The molecule has 0 radical (unpaired) electrons. The Kier molecular flexibility index (Phi) is 2.25. The molecule has 1 aliphatic heterocycles. The van der Waals surface area contributed by atoms with Crippen LogP contribution in [-0.4, -0.2) is 10.6 Å². The molecule has 0 aliphatic carbocycles. The lowest BCUT2D eigenvalue weighted by molar-refractivity contribution is 0.467. The van der Waals surface area contributed by atoms with Crippen LogP contribution in [0.2, 0.25) is 0 Å². The molecule has 1 unspecified atom stereocenters. The van der Waals surface area contributed by atoms with Crippen molar-refractivity contribution < 1.29 is 0 Å². The van der Waals surface area contributed by atoms with E-state index in [1.807, 2.05) is 0 Å². The molecule has 84 valence electrons.